The van der Waals surface area contributed by atoms with Gasteiger partial charge in [0.15, 0.2) is 5.13 Å². The minimum atomic E-state index is -0.241. The maximum atomic E-state index is 11.9. The fourth-order valence-electron chi connectivity index (χ4n) is 1.96. The first-order chi connectivity index (χ1) is 10.2. The number of nitrogens with zero attached hydrogens (tertiary/aromatic N) is 1. The van der Waals surface area contributed by atoms with Gasteiger partial charge in [-0.15, -0.1) is 0 Å². The van der Waals surface area contributed by atoms with Crippen LogP contribution in [0.4, 0.5) is 9.93 Å². The number of rotatable bonds is 3. The molecule has 106 valence electrons. The van der Waals surface area contributed by atoms with Crippen LogP contribution in [0.1, 0.15) is 11.1 Å². The number of anilines is 1. The predicted octanol–water partition coefficient (Wildman–Crippen LogP) is 3.93. The maximum Gasteiger partial charge on any atom is 0.321 e. The zero-order valence-corrected chi connectivity index (χ0v) is 12.4. The van der Waals surface area contributed by atoms with Gasteiger partial charge >= 0.3 is 6.03 Å². The van der Waals surface area contributed by atoms with Gasteiger partial charge in [-0.1, -0.05) is 53.3 Å². The Morgan fingerprint density at radius 3 is 2.67 bits per heavy atom. The zero-order valence-electron chi connectivity index (χ0n) is 11.6. The summed E-state index contributed by atoms with van der Waals surface area (Å²) in [6.07, 6.45) is 0. The monoisotopic (exact) mass is 297 g/mol. The van der Waals surface area contributed by atoms with E-state index in [-0.39, 0.29) is 6.03 Å². The molecular formula is C16H15N3OS. The Morgan fingerprint density at radius 2 is 1.90 bits per heavy atom. The number of urea groups is 1. The van der Waals surface area contributed by atoms with Crippen molar-refractivity contribution in [3.8, 4) is 0 Å². The number of carbonyl (C=O) groups is 1. The van der Waals surface area contributed by atoms with Gasteiger partial charge in [0.05, 0.1) is 10.2 Å². The van der Waals surface area contributed by atoms with Gasteiger partial charge in [-0.25, -0.2) is 9.78 Å². The van der Waals surface area contributed by atoms with Crippen molar-refractivity contribution in [3.63, 3.8) is 0 Å². The molecule has 0 fully saturated rings. The number of fused-ring (bicyclic) bond motifs is 1. The molecule has 0 saturated heterocycles. The van der Waals surface area contributed by atoms with E-state index in [9.17, 15) is 4.79 Å². The lowest BCUT2D eigenvalue weighted by molar-refractivity contribution is 0.251. The second-order valence-corrected chi connectivity index (χ2v) is 5.81. The van der Waals surface area contributed by atoms with Crippen molar-refractivity contribution in [2.45, 2.75) is 13.5 Å². The SMILES string of the molecule is Cc1ccc(CNC(=O)Nc2nc3ccccc3s2)cc1. The Morgan fingerprint density at radius 1 is 1.14 bits per heavy atom. The highest BCUT2D eigenvalue weighted by Gasteiger charge is 2.06. The summed E-state index contributed by atoms with van der Waals surface area (Å²) in [5.74, 6) is 0. The lowest BCUT2D eigenvalue weighted by atomic mass is 10.1. The van der Waals surface area contributed by atoms with Crippen LogP contribution in [0.5, 0.6) is 0 Å². The second-order valence-electron chi connectivity index (χ2n) is 4.78. The minimum absolute atomic E-state index is 0.241. The van der Waals surface area contributed by atoms with Gasteiger partial charge in [-0.2, -0.15) is 0 Å². The number of carbonyl (C=O) groups excluding carboxylic acids is 1. The fraction of sp³-hybridized carbons (Fsp3) is 0.125. The number of amides is 2. The third kappa shape index (κ3) is 3.38. The molecule has 4 nitrogen and oxygen atoms in total. The summed E-state index contributed by atoms with van der Waals surface area (Å²) < 4.78 is 1.06. The van der Waals surface area contributed by atoms with E-state index in [1.165, 1.54) is 16.9 Å². The third-order valence-electron chi connectivity index (χ3n) is 3.09. The largest absolute Gasteiger partial charge is 0.334 e. The van der Waals surface area contributed by atoms with Crippen LogP contribution in [0.15, 0.2) is 48.5 Å². The van der Waals surface area contributed by atoms with Crippen LogP contribution in [0.2, 0.25) is 0 Å². The van der Waals surface area contributed by atoms with Crippen molar-refractivity contribution in [3.05, 3.63) is 59.7 Å². The van der Waals surface area contributed by atoms with Crippen LogP contribution in [-0.2, 0) is 6.54 Å². The Balaban J connectivity index is 1.59. The molecule has 3 rings (SSSR count). The lowest BCUT2D eigenvalue weighted by Gasteiger charge is -2.05. The highest BCUT2D eigenvalue weighted by atomic mass is 32.1. The summed E-state index contributed by atoms with van der Waals surface area (Å²) in [5.41, 5.74) is 3.18. The predicted molar refractivity (Wildman–Crippen MR) is 86.7 cm³/mol. The molecule has 0 atom stereocenters. The molecule has 21 heavy (non-hydrogen) atoms. The van der Waals surface area contributed by atoms with Crippen molar-refractivity contribution in [1.29, 1.82) is 0 Å². The molecule has 0 aliphatic carbocycles. The molecule has 0 unspecified atom stereocenters. The van der Waals surface area contributed by atoms with E-state index in [0.29, 0.717) is 11.7 Å². The molecule has 5 heteroatoms. The van der Waals surface area contributed by atoms with Crippen LogP contribution in [0.25, 0.3) is 10.2 Å². The standard InChI is InChI=1S/C16H15N3OS/c1-11-6-8-12(9-7-11)10-17-15(20)19-16-18-13-4-2-3-5-14(13)21-16/h2-9H,10H2,1H3,(H2,17,18,19,20). The summed E-state index contributed by atoms with van der Waals surface area (Å²) in [7, 11) is 0. The minimum Gasteiger partial charge on any atom is -0.334 e. The van der Waals surface area contributed by atoms with Crippen molar-refractivity contribution in [2.24, 2.45) is 0 Å². The number of para-hydroxylation sites is 1. The highest BCUT2D eigenvalue weighted by molar-refractivity contribution is 7.22. The quantitative estimate of drug-likeness (QED) is 0.769. The molecule has 0 bridgehead atoms. The number of thiazole rings is 1. The van der Waals surface area contributed by atoms with Crippen LogP contribution in [-0.4, -0.2) is 11.0 Å². The second kappa shape index (κ2) is 5.93. The van der Waals surface area contributed by atoms with Gasteiger partial charge in [0.2, 0.25) is 0 Å². The number of aromatic nitrogens is 1. The number of nitrogens with one attached hydrogen (secondary N) is 2. The van der Waals surface area contributed by atoms with E-state index in [0.717, 1.165) is 15.8 Å². The molecule has 2 amide bonds. The Bertz CT molecular complexity index is 732. The number of aryl methyl sites for hydroxylation is 1. The summed E-state index contributed by atoms with van der Waals surface area (Å²) in [5, 5.41) is 6.21. The first kappa shape index (κ1) is 13.6. The van der Waals surface area contributed by atoms with Crippen LogP contribution in [0, 0.1) is 6.92 Å². The third-order valence-corrected chi connectivity index (χ3v) is 4.04. The lowest BCUT2D eigenvalue weighted by Crippen LogP contribution is -2.28. The van der Waals surface area contributed by atoms with E-state index < -0.39 is 0 Å². The molecule has 0 aliphatic heterocycles. The summed E-state index contributed by atoms with van der Waals surface area (Å²) >= 11 is 1.47. The van der Waals surface area contributed by atoms with Crippen LogP contribution >= 0.6 is 11.3 Å². The van der Waals surface area contributed by atoms with E-state index in [2.05, 4.69) is 15.6 Å². The molecule has 2 aromatic carbocycles. The van der Waals surface area contributed by atoms with Crippen LogP contribution < -0.4 is 10.6 Å². The van der Waals surface area contributed by atoms with E-state index in [1.807, 2.05) is 55.5 Å². The van der Waals surface area contributed by atoms with Gasteiger partial charge < -0.3 is 5.32 Å². The van der Waals surface area contributed by atoms with E-state index in [4.69, 9.17) is 0 Å². The van der Waals surface area contributed by atoms with Crippen molar-refractivity contribution >= 4 is 32.7 Å². The topological polar surface area (TPSA) is 54.0 Å². The smallest absolute Gasteiger partial charge is 0.321 e. The highest BCUT2D eigenvalue weighted by Crippen LogP contribution is 2.25. The number of benzene rings is 2. The zero-order chi connectivity index (χ0) is 14.7. The first-order valence-corrected chi connectivity index (χ1v) is 7.48. The first-order valence-electron chi connectivity index (χ1n) is 6.67. The number of hydrogen-bond donors (Lipinski definition) is 2. The van der Waals surface area contributed by atoms with Crippen molar-refractivity contribution in [2.75, 3.05) is 5.32 Å². The van der Waals surface area contributed by atoms with Gasteiger partial charge in [0, 0.05) is 6.54 Å². The Kier molecular flexibility index (Phi) is 3.83. The average Bonchev–Trinajstić information content (AvgIpc) is 2.88. The molecule has 2 N–H and O–H groups in total. The van der Waals surface area contributed by atoms with E-state index >= 15 is 0 Å². The number of hydrogen-bond acceptors (Lipinski definition) is 3. The van der Waals surface area contributed by atoms with Gasteiger partial charge in [-0.05, 0) is 24.6 Å². The van der Waals surface area contributed by atoms with Gasteiger partial charge in [0.25, 0.3) is 0 Å². The van der Waals surface area contributed by atoms with Gasteiger partial charge in [0.1, 0.15) is 0 Å². The van der Waals surface area contributed by atoms with Crippen molar-refractivity contribution in [1.82, 2.24) is 10.3 Å². The molecule has 0 radical (unpaired) electrons. The normalized spacial score (nSPS) is 10.5. The maximum absolute atomic E-state index is 11.9. The van der Waals surface area contributed by atoms with Crippen molar-refractivity contribution < 1.29 is 4.79 Å². The molecule has 1 heterocycles. The van der Waals surface area contributed by atoms with Gasteiger partial charge in [-0.3, -0.25) is 5.32 Å². The Hall–Kier alpha value is -2.40. The molecule has 0 spiro atoms. The average molecular weight is 297 g/mol. The summed E-state index contributed by atoms with van der Waals surface area (Å²) in [6, 6.07) is 15.6. The van der Waals surface area contributed by atoms with E-state index in [1.54, 1.807) is 0 Å². The fourth-order valence-corrected chi connectivity index (χ4v) is 2.82. The molecule has 0 saturated carbocycles. The molecule has 1 aromatic heterocycles. The molecule has 3 aromatic rings. The molecule has 0 aliphatic rings. The van der Waals surface area contributed by atoms with Crippen LogP contribution in [0.3, 0.4) is 0 Å². The summed E-state index contributed by atoms with van der Waals surface area (Å²) in [6.45, 7) is 2.54. The molecular weight excluding hydrogens is 282 g/mol. The summed E-state index contributed by atoms with van der Waals surface area (Å²) in [4.78, 5) is 16.2. The Labute approximate surface area is 126 Å².